The van der Waals surface area contributed by atoms with E-state index in [4.69, 9.17) is 32.7 Å². The van der Waals surface area contributed by atoms with Crippen molar-refractivity contribution < 1.29 is 19.1 Å². The first kappa shape index (κ1) is 31.2. The van der Waals surface area contributed by atoms with Crippen molar-refractivity contribution in [3.05, 3.63) is 79.5 Å². The molecule has 10 heteroatoms. The van der Waals surface area contributed by atoms with Crippen molar-refractivity contribution in [3.63, 3.8) is 0 Å². The van der Waals surface area contributed by atoms with Gasteiger partial charge in [0.05, 0.1) is 20.8 Å². The van der Waals surface area contributed by atoms with Gasteiger partial charge in [-0.2, -0.15) is 0 Å². The number of methoxy groups -OCH3 is 2. The zero-order valence-corrected chi connectivity index (χ0v) is 26.2. The quantitative estimate of drug-likeness (QED) is 0.229. The molecule has 0 radical (unpaired) electrons. The number of carbonyl (C=O) groups excluding carboxylic acids is 2. The molecule has 0 spiro atoms. The molecule has 1 aliphatic rings. The molecule has 2 heterocycles. The van der Waals surface area contributed by atoms with Gasteiger partial charge in [0.2, 0.25) is 5.91 Å². The van der Waals surface area contributed by atoms with Crippen LogP contribution < -0.4 is 9.47 Å². The number of halogens is 2. The van der Waals surface area contributed by atoms with Crippen LogP contribution in [0.15, 0.2) is 47.8 Å². The van der Waals surface area contributed by atoms with Gasteiger partial charge in [-0.3, -0.25) is 9.59 Å². The van der Waals surface area contributed by atoms with E-state index in [1.54, 1.807) is 48.7 Å². The molecule has 4 rings (SSSR count). The number of likely N-dealkylation sites (tertiary alicyclic amines) is 1. The predicted octanol–water partition coefficient (Wildman–Crippen LogP) is 6.19. The van der Waals surface area contributed by atoms with Gasteiger partial charge in [0.25, 0.3) is 5.91 Å². The molecule has 1 aliphatic heterocycles. The van der Waals surface area contributed by atoms with Crippen LogP contribution in [-0.2, 0) is 17.8 Å². The van der Waals surface area contributed by atoms with Gasteiger partial charge in [-0.05, 0) is 92.2 Å². The highest BCUT2D eigenvalue weighted by Gasteiger charge is 2.25. The molecule has 3 aromatic rings. The van der Waals surface area contributed by atoms with E-state index >= 15 is 0 Å². The summed E-state index contributed by atoms with van der Waals surface area (Å²) in [7, 11) is 3.22. The van der Waals surface area contributed by atoms with E-state index < -0.39 is 0 Å². The van der Waals surface area contributed by atoms with Gasteiger partial charge in [0.1, 0.15) is 6.54 Å². The summed E-state index contributed by atoms with van der Waals surface area (Å²) in [5, 5.41) is 2.81. The van der Waals surface area contributed by atoms with Crippen LogP contribution in [0.5, 0.6) is 11.5 Å². The lowest BCUT2D eigenvalue weighted by Crippen LogP contribution is -2.45. The molecule has 0 N–H and O–H groups in total. The molecular formula is C31H37Cl2N3O4S. The highest BCUT2D eigenvalue weighted by Crippen LogP contribution is 2.28. The lowest BCUT2D eigenvalue weighted by molar-refractivity contribution is -0.132. The molecule has 1 aromatic heterocycles. The summed E-state index contributed by atoms with van der Waals surface area (Å²) in [5.74, 6) is 0.942. The molecule has 7 nitrogen and oxygen atoms in total. The van der Waals surface area contributed by atoms with Crippen LogP contribution in [-0.4, -0.2) is 80.0 Å². The molecule has 0 bridgehead atoms. The SMILES string of the molecule is COc1ccc(CCN(Cc2sccc2C)C(=O)CN(CCN2CCCC2)C(=O)c2cc(Cl)cc(Cl)c2)cc1OC. The first-order chi connectivity index (χ1) is 19.8. The van der Waals surface area contributed by atoms with Gasteiger partial charge in [-0.25, -0.2) is 0 Å². The Labute approximate surface area is 256 Å². The maximum Gasteiger partial charge on any atom is 0.254 e. The Balaban J connectivity index is 1.54. The lowest BCUT2D eigenvalue weighted by Gasteiger charge is -2.29. The second-order valence-corrected chi connectivity index (χ2v) is 12.1. The minimum absolute atomic E-state index is 0.0346. The molecule has 2 aromatic carbocycles. The second kappa shape index (κ2) is 14.9. The number of rotatable bonds is 13. The van der Waals surface area contributed by atoms with E-state index in [0.29, 0.717) is 59.7 Å². The zero-order valence-electron chi connectivity index (χ0n) is 23.8. The molecular weight excluding hydrogens is 581 g/mol. The normalized spacial score (nSPS) is 13.3. The van der Waals surface area contributed by atoms with E-state index in [1.807, 2.05) is 28.5 Å². The number of thiophene rings is 1. The average molecular weight is 619 g/mol. The largest absolute Gasteiger partial charge is 0.493 e. The van der Waals surface area contributed by atoms with E-state index in [1.165, 1.54) is 0 Å². The number of hydrogen-bond donors (Lipinski definition) is 0. The number of nitrogens with zero attached hydrogens (tertiary/aromatic N) is 3. The van der Waals surface area contributed by atoms with Crippen LogP contribution in [0.2, 0.25) is 10.0 Å². The number of amides is 2. The standard InChI is InChI=1S/C31H37Cl2N3O4S/c1-22-9-15-41-29(22)20-35(12-8-23-6-7-27(39-2)28(16-23)40-3)30(37)21-36(14-13-34-10-4-5-11-34)31(38)24-17-25(32)19-26(33)18-24/h6-7,9,15-19H,4-5,8,10-14,20-21H2,1-3H3. The fourth-order valence-corrected chi connectivity index (χ4v) is 6.42. The summed E-state index contributed by atoms with van der Waals surface area (Å²) in [6.07, 6.45) is 2.93. The van der Waals surface area contributed by atoms with Crippen LogP contribution in [0.1, 0.15) is 39.2 Å². The third-order valence-electron chi connectivity index (χ3n) is 7.38. The van der Waals surface area contributed by atoms with Crippen molar-refractivity contribution in [2.24, 2.45) is 0 Å². The van der Waals surface area contributed by atoms with Crippen LogP contribution in [0.3, 0.4) is 0 Å². The minimum atomic E-state index is -0.255. The molecule has 1 saturated heterocycles. The van der Waals surface area contributed by atoms with Crippen molar-refractivity contribution in [2.75, 3.05) is 53.5 Å². The van der Waals surface area contributed by atoms with E-state index in [2.05, 4.69) is 17.9 Å². The smallest absolute Gasteiger partial charge is 0.254 e. The molecule has 1 fully saturated rings. The summed E-state index contributed by atoms with van der Waals surface area (Å²) < 4.78 is 10.8. The fourth-order valence-electron chi connectivity index (χ4n) is 4.98. The van der Waals surface area contributed by atoms with Crippen molar-refractivity contribution in [1.82, 2.24) is 14.7 Å². The van der Waals surface area contributed by atoms with E-state index in [0.717, 1.165) is 41.9 Å². The average Bonchev–Trinajstić information content (AvgIpc) is 3.63. The summed E-state index contributed by atoms with van der Waals surface area (Å²) >= 11 is 14.1. The van der Waals surface area contributed by atoms with Gasteiger partial charge in [-0.15, -0.1) is 11.3 Å². The Bertz CT molecular complexity index is 1320. The molecule has 220 valence electrons. The second-order valence-electron chi connectivity index (χ2n) is 10.2. The van der Waals surface area contributed by atoms with Gasteiger partial charge >= 0.3 is 0 Å². The molecule has 2 amide bonds. The van der Waals surface area contributed by atoms with Crippen molar-refractivity contribution in [1.29, 1.82) is 0 Å². The molecule has 41 heavy (non-hydrogen) atoms. The highest BCUT2D eigenvalue weighted by molar-refractivity contribution is 7.10. The Morgan fingerprint density at radius 1 is 0.927 bits per heavy atom. The molecule has 0 aliphatic carbocycles. The first-order valence-electron chi connectivity index (χ1n) is 13.8. The highest BCUT2D eigenvalue weighted by atomic mass is 35.5. The number of hydrogen-bond acceptors (Lipinski definition) is 6. The third-order valence-corrected chi connectivity index (χ3v) is 8.83. The summed E-state index contributed by atoms with van der Waals surface area (Å²) in [5.41, 5.74) is 2.55. The Kier molecular flexibility index (Phi) is 11.3. The topological polar surface area (TPSA) is 62.3 Å². The monoisotopic (exact) mass is 617 g/mol. The molecule has 0 unspecified atom stereocenters. The Morgan fingerprint density at radius 3 is 2.27 bits per heavy atom. The first-order valence-corrected chi connectivity index (χ1v) is 15.4. The van der Waals surface area contributed by atoms with Crippen LogP contribution in [0.25, 0.3) is 0 Å². The maximum absolute atomic E-state index is 13.9. The van der Waals surface area contributed by atoms with Crippen LogP contribution in [0, 0.1) is 6.92 Å². The molecule has 0 atom stereocenters. The lowest BCUT2D eigenvalue weighted by atomic mass is 10.1. The number of ether oxygens (including phenoxy) is 2. The zero-order chi connectivity index (χ0) is 29.4. The minimum Gasteiger partial charge on any atom is -0.493 e. The van der Waals surface area contributed by atoms with Crippen molar-refractivity contribution >= 4 is 46.4 Å². The molecule has 0 saturated carbocycles. The summed E-state index contributed by atoms with van der Waals surface area (Å²) in [6.45, 7) is 6.15. The van der Waals surface area contributed by atoms with Crippen LogP contribution >= 0.6 is 34.5 Å². The fraction of sp³-hybridized carbons (Fsp3) is 0.419. The number of benzene rings is 2. The van der Waals surface area contributed by atoms with Gasteiger partial charge in [-0.1, -0.05) is 29.3 Å². The van der Waals surface area contributed by atoms with Gasteiger partial charge < -0.3 is 24.2 Å². The summed E-state index contributed by atoms with van der Waals surface area (Å²) in [4.78, 5) is 34.6. The predicted molar refractivity (Wildman–Crippen MR) is 166 cm³/mol. The maximum atomic E-state index is 13.9. The van der Waals surface area contributed by atoms with Gasteiger partial charge in [0.15, 0.2) is 11.5 Å². The van der Waals surface area contributed by atoms with Crippen molar-refractivity contribution in [3.8, 4) is 11.5 Å². The number of carbonyl (C=O) groups is 2. The number of aryl methyl sites for hydroxylation is 1. The van der Waals surface area contributed by atoms with E-state index in [9.17, 15) is 9.59 Å². The Hall–Kier alpha value is -2.78. The van der Waals surface area contributed by atoms with Gasteiger partial charge in [0, 0.05) is 40.1 Å². The van der Waals surface area contributed by atoms with E-state index in [-0.39, 0.29) is 18.4 Å². The van der Waals surface area contributed by atoms with Crippen molar-refractivity contribution in [2.45, 2.75) is 32.7 Å². The Morgan fingerprint density at radius 2 is 1.63 bits per heavy atom. The van der Waals surface area contributed by atoms with Crippen LogP contribution in [0.4, 0.5) is 0 Å². The summed E-state index contributed by atoms with van der Waals surface area (Å²) in [6, 6.07) is 12.7. The third kappa shape index (κ3) is 8.61.